The van der Waals surface area contributed by atoms with Gasteiger partial charge in [0.2, 0.25) is 0 Å². The van der Waals surface area contributed by atoms with Gasteiger partial charge in [0.25, 0.3) is 0 Å². The van der Waals surface area contributed by atoms with E-state index in [-0.39, 0.29) is 6.61 Å². The van der Waals surface area contributed by atoms with Crippen molar-refractivity contribution in [3.05, 3.63) is 11.1 Å². The second-order valence-corrected chi connectivity index (χ2v) is 7.01. The molecule has 0 bridgehead atoms. The third kappa shape index (κ3) is 2.90. The number of thiazole rings is 1. The van der Waals surface area contributed by atoms with Crippen LogP contribution in [0.1, 0.15) is 31.4 Å². The standard InChI is InChI=1S/C14H20N4OS2/c1-9-8-20-13(16-9)11-12(15)17-21-14(11)18-6-3-2-4-10(18)5-7-19/h8,10,19H,2-7H2,1H3,(H2,15,17). The zero-order valence-electron chi connectivity index (χ0n) is 12.1. The molecule has 1 saturated heterocycles. The van der Waals surface area contributed by atoms with Gasteiger partial charge in [0, 0.05) is 30.3 Å². The molecule has 0 radical (unpaired) electrons. The molecular formula is C14H20N4OS2. The molecule has 0 spiro atoms. The van der Waals surface area contributed by atoms with Crippen LogP contribution in [0.3, 0.4) is 0 Å². The first-order valence-corrected chi connectivity index (χ1v) is 8.91. The Morgan fingerprint density at radius 2 is 2.33 bits per heavy atom. The molecule has 3 heterocycles. The fourth-order valence-electron chi connectivity index (χ4n) is 2.88. The number of hydrogen-bond donors (Lipinski definition) is 2. The third-order valence-electron chi connectivity index (χ3n) is 3.88. The zero-order chi connectivity index (χ0) is 14.8. The van der Waals surface area contributed by atoms with Crippen LogP contribution in [0.2, 0.25) is 0 Å². The van der Waals surface area contributed by atoms with E-state index in [2.05, 4.69) is 14.3 Å². The average Bonchev–Trinajstić information content (AvgIpc) is 3.06. The summed E-state index contributed by atoms with van der Waals surface area (Å²) in [6, 6.07) is 0.378. The smallest absolute Gasteiger partial charge is 0.149 e. The van der Waals surface area contributed by atoms with E-state index in [0.717, 1.165) is 40.7 Å². The van der Waals surface area contributed by atoms with Crippen LogP contribution in [0, 0.1) is 6.92 Å². The maximum Gasteiger partial charge on any atom is 0.149 e. The van der Waals surface area contributed by atoms with E-state index in [4.69, 9.17) is 5.73 Å². The summed E-state index contributed by atoms with van der Waals surface area (Å²) in [7, 11) is 0. The molecule has 7 heteroatoms. The van der Waals surface area contributed by atoms with Gasteiger partial charge in [-0.1, -0.05) is 0 Å². The Morgan fingerprint density at radius 3 is 3.05 bits per heavy atom. The minimum atomic E-state index is 0.223. The van der Waals surface area contributed by atoms with Gasteiger partial charge in [-0.3, -0.25) is 0 Å². The topological polar surface area (TPSA) is 75.3 Å². The van der Waals surface area contributed by atoms with Crippen LogP contribution in [-0.4, -0.2) is 33.7 Å². The molecule has 2 aromatic rings. The second kappa shape index (κ2) is 6.29. The lowest BCUT2D eigenvalue weighted by Crippen LogP contribution is -2.39. The first kappa shape index (κ1) is 14.7. The SMILES string of the molecule is Cc1csc(-c2c(N)nsc2N2CCCCC2CCO)n1. The largest absolute Gasteiger partial charge is 0.396 e. The van der Waals surface area contributed by atoms with E-state index in [1.165, 1.54) is 24.4 Å². The van der Waals surface area contributed by atoms with Crippen LogP contribution in [0.4, 0.5) is 10.8 Å². The van der Waals surface area contributed by atoms with Crippen molar-refractivity contribution in [2.75, 3.05) is 23.8 Å². The van der Waals surface area contributed by atoms with E-state index in [0.29, 0.717) is 11.9 Å². The Morgan fingerprint density at radius 1 is 1.48 bits per heavy atom. The summed E-state index contributed by atoms with van der Waals surface area (Å²) in [5.74, 6) is 0.567. The number of hydrogen-bond acceptors (Lipinski definition) is 7. The first-order valence-electron chi connectivity index (χ1n) is 7.26. The van der Waals surface area contributed by atoms with Crippen molar-refractivity contribution in [3.63, 3.8) is 0 Å². The Hall–Kier alpha value is -1.18. The molecule has 114 valence electrons. The summed E-state index contributed by atoms with van der Waals surface area (Å²) in [5.41, 5.74) is 8.08. The zero-order valence-corrected chi connectivity index (χ0v) is 13.7. The lowest BCUT2D eigenvalue weighted by atomic mass is 9.99. The summed E-state index contributed by atoms with van der Waals surface area (Å²) in [6.45, 7) is 3.22. The minimum absolute atomic E-state index is 0.223. The van der Waals surface area contributed by atoms with Crippen LogP contribution in [-0.2, 0) is 0 Å². The van der Waals surface area contributed by atoms with Crippen molar-refractivity contribution in [2.45, 2.75) is 38.6 Å². The van der Waals surface area contributed by atoms with Crippen LogP contribution in [0.15, 0.2) is 5.38 Å². The highest BCUT2D eigenvalue weighted by Gasteiger charge is 2.28. The van der Waals surface area contributed by atoms with E-state index in [9.17, 15) is 5.11 Å². The van der Waals surface area contributed by atoms with Crippen molar-refractivity contribution in [2.24, 2.45) is 0 Å². The van der Waals surface area contributed by atoms with E-state index in [1.54, 1.807) is 11.3 Å². The van der Waals surface area contributed by atoms with Gasteiger partial charge in [0.15, 0.2) is 0 Å². The predicted molar refractivity (Wildman–Crippen MR) is 89.1 cm³/mol. The molecule has 0 aliphatic carbocycles. The molecule has 3 N–H and O–H groups in total. The van der Waals surface area contributed by atoms with E-state index in [1.807, 2.05) is 12.3 Å². The number of rotatable bonds is 4. The van der Waals surface area contributed by atoms with Crippen molar-refractivity contribution in [1.82, 2.24) is 9.36 Å². The Balaban J connectivity index is 1.98. The van der Waals surface area contributed by atoms with Gasteiger partial charge < -0.3 is 15.7 Å². The lowest BCUT2D eigenvalue weighted by Gasteiger charge is -2.36. The molecule has 21 heavy (non-hydrogen) atoms. The highest BCUT2D eigenvalue weighted by atomic mass is 32.1. The van der Waals surface area contributed by atoms with Gasteiger partial charge in [0.1, 0.15) is 15.8 Å². The van der Waals surface area contributed by atoms with Gasteiger partial charge in [-0.15, -0.1) is 11.3 Å². The summed E-state index contributed by atoms with van der Waals surface area (Å²) < 4.78 is 4.35. The number of aliphatic hydroxyl groups is 1. The first-order chi connectivity index (χ1) is 10.2. The fourth-order valence-corrected chi connectivity index (χ4v) is 4.71. The third-order valence-corrected chi connectivity index (χ3v) is 5.76. The van der Waals surface area contributed by atoms with Gasteiger partial charge in [-0.2, -0.15) is 4.37 Å². The number of nitrogen functional groups attached to an aromatic ring is 1. The molecule has 0 aromatic carbocycles. The van der Waals surface area contributed by atoms with Crippen molar-refractivity contribution < 1.29 is 5.11 Å². The Labute approximate surface area is 132 Å². The molecule has 1 fully saturated rings. The molecule has 0 saturated carbocycles. The fraction of sp³-hybridized carbons (Fsp3) is 0.571. The number of aromatic nitrogens is 2. The molecule has 3 rings (SSSR count). The predicted octanol–water partition coefficient (Wildman–Crippen LogP) is 2.90. The van der Waals surface area contributed by atoms with Crippen LogP contribution in [0.5, 0.6) is 0 Å². The summed E-state index contributed by atoms with van der Waals surface area (Å²) in [4.78, 5) is 6.94. The monoisotopic (exact) mass is 324 g/mol. The lowest BCUT2D eigenvalue weighted by molar-refractivity contribution is 0.263. The van der Waals surface area contributed by atoms with Crippen LogP contribution < -0.4 is 10.6 Å². The molecule has 1 unspecified atom stereocenters. The molecule has 2 aromatic heterocycles. The highest BCUT2D eigenvalue weighted by molar-refractivity contribution is 7.15. The number of piperidine rings is 1. The Kier molecular flexibility index (Phi) is 4.42. The van der Waals surface area contributed by atoms with Gasteiger partial charge in [-0.05, 0) is 44.1 Å². The van der Waals surface area contributed by atoms with Crippen LogP contribution >= 0.6 is 22.9 Å². The summed E-state index contributed by atoms with van der Waals surface area (Å²) in [6.07, 6.45) is 4.32. The minimum Gasteiger partial charge on any atom is -0.396 e. The van der Waals surface area contributed by atoms with Crippen molar-refractivity contribution >= 4 is 33.7 Å². The second-order valence-electron chi connectivity index (χ2n) is 5.40. The van der Waals surface area contributed by atoms with Crippen molar-refractivity contribution in [1.29, 1.82) is 0 Å². The quantitative estimate of drug-likeness (QED) is 0.904. The van der Waals surface area contributed by atoms with E-state index >= 15 is 0 Å². The van der Waals surface area contributed by atoms with Gasteiger partial charge in [0.05, 0.1) is 5.56 Å². The number of aryl methyl sites for hydroxylation is 1. The summed E-state index contributed by atoms with van der Waals surface area (Å²) >= 11 is 3.07. The maximum absolute atomic E-state index is 9.30. The van der Waals surface area contributed by atoms with Crippen molar-refractivity contribution in [3.8, 4) is 10.6 Å². The van der Waals surface area contributed by atoms with E-state index < -0.39 is 0 Å². The number of anilines is 2. The average molecular weight is 324 g/mol. The molecule has 1 aliphatic heterocycles. The van der Waals surface area contributed by atoms with Gasteiger partial charge >= 0.3 is 0 Å². The van der Waals surface area contributed by atoms with Gasteiger partial charge in [-0.25, -0.2) is 4.98 Å². The Bertz CT molecular complexity index is 608. The molecule has 1 aliphatic rings. The number of nitrogens with two attached hydrogens (primary N) is 1. The maximum atomic E-state index is 9.30. The number of aliphatic hydroxyl groups excluding tert-OH is 1. The summed E-state index contributed by atoms with van der Waals surface area (Å²) in [5, 5.41) is 13.4. The molecular weight excluding hydrogens is 304 g/mol. The van der Waals surface area contributed by atoms with Crippen LogP contribution in [0.25, 0.3) is 10.6 Å². The molecule has 0 amide bonds. The molecule has 5 nitrogen and oxygen atoms in total. The number of nitrogens with zero attached hydrogens (tertiary/aromatic N) is 3. The molecule has 1 atom stereocenters. The highest BCUT2D eigenvalue weighted by Crippen LogP contribution is 2.43. The normalized spacial score (nSPS) is 19.1.